The molecule has 0 saturated carbocycles. The Bertz CT molecular complexity index is 391. The summed E-state index contributed by atoms with van der Waals surface area (Å²) in [7, 11) is 0. The Morgan fingerprint density at radius 3 is 2.89 bits per heavy atom. The highest BCUT2D eigenvalue weighted by atomic mass is 16.5. The van der Waals surface area contributed by atoms with Gasteiger partial charge in [0.05, 0.1) is 19.3 Å². The SMILES string of the molecule is O=C1NC(=NCC2CN3CCCC3CO2)NC1=O. The van der Waals surface area contributed by atoms with Crippen LogP contribution in [0.15, 0.2) is 4.99 Å². The van der Waals surface area contributed by atoms with Crippen LogP contribution in [0.25, 0.3) is 0 Å². The molecule has 7 heteroatoms. The number of aliphatic imine (C=N–C) groups is 1. The Hall–Kier alpha value is -1.47. The fourth-order valence-electron chi connectivity index (χ4n) is 2.63. The van der Waals surface area contributed by atoms with Crippen molar-refractivity contribution in [2.24, 2.45) is 4.99 Å². The smallest absolute Gasteiger partial charge is 0.316 e. The van der Waals surface area contributed by atoms with Gasteiger partial charge in [0.25, 0.3) is 0 Å². The molecular formula is C11H16N4O3. The maximum absolute atomic E-state index is 10.9. The van der Waals surface area contributed by atoms with Gasteiger partial charge < -0.3 is 4.74 Å². The molecule has 18 heavy (non-hydrogen) atoms. The maximum Gasteiger partial charge on any atom is 0.316 e. The first-order chi connectivity index (χ1) is 8.72. The van der Waals surface area contributed by atoms with Crippen LogP contribution in [-0.2, 0) is 14.3 Å². The number of rotatable bonds is 2. The van der Waals surface area contributed by atoms with E-state index in [1.807, 2.05) is 0 Å². The van der Waals surface area contributed by atoms with Gasteiger partial charge >= 0.3 is 11.8 Å². The number of guanidine groups is 1. The number of nitrogens with one attached hydrogen (secondary N) is 2. The van der Waals surface area contributed by atoms with Crippen molar-refractivity contribution in [1.82, 2.24) is 15.5 Å². The largest absolute Gasteiger partial charge is 0.373 e. The lowest BCUT2D eigenvalue weighted by atomic mass is 10.2. The molecule has 3 aliphatic heterocycles. The number of ether oxygens (including phenoxy) is 1. The average molecular weight is 252 g/mol. The number of carbonyl (C=O) groups is 2. The van der Waals surface area contributed by atoms with E-state index in [9.17, 15) is 9.59 Å². The third-order valence-electron chi connectivity index (χ3n) is 3.58. The molecule has 3 aliphatic rings. The molecule has 0 bridgehead atoms. The molecule has 0 aromatic carbocycles. The van der Waals surface area contributed by atoms with Crippen molar-refractivity contribution in [3.05, 3.63) is 0 Å². The Morgan fingerprint density at radius 1 is 1.33 bits per heavy atom. The number of hydrogen-bond acceptors (Lipinski definition) is 5. The fraction of sp³-hybridized carbons (Fsp3) is 0.727. The molecular weight excluding hydrogens is 236 g/mol. The van der Waals surface area contributed by atoms with Crippen LogP contribution < -0.4 is 10.6 Å². The summed E-state index contributed by atoms with van der Waals surface area (Å²) in [5.74, 6) is -1.08. The van der Waals surface area contributed by atoms with Gasteiger partial charge in [-0.3, -0.25) is 25.1 Å². The molecule has 0 radical (unpaired) electrons. The van der Waals surface area contributed by atoms with E-state index < -0.39 is 11.8 Å². The van der Waals surface area contributed by atoms with Crippen molar-refractivity contribution in [2.75, 3.05) is 26.2 Å². The minimum Gasteiger partial charge on any atom is -0.373 e. The molecule has 2 unspecified atom stereocenters. The summed E-state index contributed by atoms with van der Waals surface area (Å²) in [5, 5.41) is 4.74. The summed E-state index contributed by atoms with van der Waals surface area (Å²) in [4.78, 5) is 28.5. The summed E-state index contributed by atoms with van der Waals surface area (Å²) in [5.41, 5.74) is 0. The molecule has 0 aliphatic carbocycles. The van der Waals surface area contributed by atoms with Gasteiger partial charge in [-0.15, -0.1) is 0 Å². The summed E-state index contributed by atoms with van der Waals surface area (Å²) in [6, 6.07) is 0.569. The molecule has 3 heterocycles. The van der Waals surface area contributed by atoms with Gasteiger partial charge in [-0.2, -0.15) is 0 Å². The van der Waals surface area contributed by atoms with Crippen molar-refractivity contribution in [1.29, 1.82) is 0 Å². The molecule has 0 aromatic rings. The number of morpholine rings is 1. The van der Waals surface area contributed by atoms with Crippen molar-refractivity contribution in [3.8, 4) is 0 Å². The van der Waals surface area contributed by atoms with Gasteiger partial charge in [0.15, 0.2) is 0 Å². The van der Waals surface area contributed by atoms with Gasteiger partial charge in [0, 0.05) is 12.6 Å². The highest BCUT2D eigenvalue weighted by Crippen LogP contribution is 2.22. The topological polar surface area (TPSA) is 83.0 Å². The van der Waals surface area contributed by atoms with E-state index >= 15 is 0 Å². The number of nitrogens with zero attached hydrogens (tertiary/aromatic N) is 2. The lowest BCUT2D eigenvalue weighted by Crippen LogP contribution is -2.47. The molecule has 0 spiro atoms. The molecule has 3 rings (SSSR count). The van der Waals surface area contributed by atoms with Crippen molar-refractivity contribution < 1.29 is 14.3 Å². The predicted molar refractivity (Wildman–Crippen MR) is 62.9 cm³/mol. The summed E-state index contributed by atoms with van der Waals surface area (Å²) >= 11 is 0. The van der Waals surface area contributed by atoms with Gasteiger partial charge in [-0.1, -0.05) is 0 Å². The second-order valence-corrected chi connectivity index (χ2v) is 4.84. The highest BCUT2D eigenvalue weighted by molar-refractivity contribution is 6.45. The summed E-state index contributed by atoms with van der Waals surface area (Å²) in [6.07, 6.45) is 2.50. The first-order valence-corrected chi connectivity index (χ1v) is 6.25. The highest BCUT2D eigenvalue weighted by Gasteiger charge is 2.32. The average Bonchev–Trinajstić information content (AvgIpc) is 2.94. The van der Waals surface area contributed by atoms with E-state index in [0.717, 1.165) is 19.7 Å². The number of amides is 2. The number of fused-ring (bicyclic) bond motifs is 1. The van der Waals surface area contributed by atoms with Gasteiger partial charge in [-0.25, -0.2) is 4.99 Å². The monoisotopic (exact) mass is 252 g/mol. The summed E-state index contributed by atoms with van der Waals surface area (Å²) in [6.45, 7) is 3.23. The molecule has 3 saturated heterocycles. The van der Waals surface area contributed by atoms with E-state index in [4.69, 9.17) is 4.74 Å². The zero-order valence-electron chi connectivity index (χ0n) is 10.0. The third kappa shape index (κ3) is 2.23. The minimum absolute atomic E-state index is 0.0428. The third-order valence-corrected chi connectivity index (χ3v) is 3.58. The zero-order chi connectivity index (χ0) is 12.5. The number of carbonyl (C=O) groups excluding carboxylic acids is 2. The molecule has 3 fully saturated rings. The lowest BCUT2D eigenvalue weighted by Gasteiger charge is -2.34. The van der Waals surface area contributed by atoms with Crippen molar-refractivity contribution >= 4 is 17.8 Å². The van der Waals surface area contributed by atoms with E-state index in [2.05, 4.69) is 20.5 Å². The van der Waals surface area contributed by atoms with Crippen LogP contribution in [0.2, 0.25) is 0 Å². The zero-order valence-corrected chi connectivity index (χ0v) is 10.0. The molecule has 0 aromatic heterocycles. The van der Waals surface area contributed by atoms with E-state index in [-0.39, 0.29) is 12.1 Å². The van der Waals surface area contributed by atoms with Crippen molar-refractivity contribution in [2.45, 2.75) is 25.0 Å². The molecule has 98 valence electrons. The van der Waals surface area contributed by atoms with Gasteiger partial charge in [-0.05, 0) is 19.4 Å². The van der Waals surface area contributed by atoms with E-state index in [0.29, 0.717) is 12.6 Å². The summed E-state index contributed by atoms with van der Waals surface area (Å²) < 4.78 is 5.73. The van der Waals surface area contributed by atoms with Crippen LogP contribution in [0.5, 0.6) is 0 Å². The van der Waals surface area contributed by atoms with E-state index in [1.54, 1.807) is 0 Å². The molecule has 2 amide bonds. The van der Waals surface area contributed by atoms with Crippen molar-refractivity contribution in [3.63, 3.8) is 0 Å². The minimum atomic E-state index is -0.655. The van der Waals surface area contributed by atoms with Crippen LogP contribution in [0.1, 0.15) is 12.8 Å². The Labute approximate surface area is 105 Å². The quantitative estimate of drug-likeness (QED) is 0.583. The first-order valence-electron chi connectivity index (χ1n) is 6.25. The second-order valence-electron chi connectivity index (χ2n) is 4.84. The van der Waals surface area contributed by atoms with E-state index in [1.165, 1.54) is 12.8 Å². The Morgan fingerprint density at radius 2 is 2.11 bits per heavy atom. The normalized spacial score (nSPS) is 32.1. The predicted octanol–water partition coefficient (Wildman–Crippen LogP) is -1.55. The maximum atomic E-state index is 10.9. The lowest BCUT2D eigenvalue weighted by molar-refractivity contribution is -0.135. The van der Waals surface area contributed by atoms with Crippen LogP contribution in [0.3, 0.4) is 0 Å². The molecule has 2 atom stereocenters. The van der Waals surface area contributed by atoms with Crippen LogP contribution in [0.4, 0.5) is 0 Å². The first kappa shape index (κ1) is 11.6. The Balaban J connectivity index is 1.53. The van der Waals surface area contributed by atoms with Gasteiger partial charge in [0.2, 0.25) is 5.96 Å². The second kappa shape index (κ2) is 4.66. The van der Waals surface area contributed by atoms with Crippen LogP contribution in [-0.4, -0.2) is 61.1 Å². The molecule has 2 N–H and O–H groups in total. The molecule has 7 nitrogen and oxygen atoms in total. The van der Waals surface area contributed by atoms with Gasteiger partial charge in [0.1, 0.15) is 0 Å². The number of hydrogen-bond donors (Lipinski definition) is 2. The van der Waals surface area contributed by atoms with Crippen LogP contribution >= 0.6 is 0 Å². The fourth-order valence-corrected chi connectivity index (χ4v) is 2.63. The standard InChI is InChI=1S/C11H16N4O3/c16-9-10(17)14-11(13-9)12-4-8-5-15-3-1-2-7(15)6-18-8/h7-8H,1-6H2,(H2,12,13,14,16,17). The van der Waals surface area contributed by atoms with Crippen LogP contribution in [0, 0.1) is 0 Å². The Kier molecular flexibility index (Phi) is 3.00.